The zero-order valence-electron chi connectivity index (χ0n) is 9.90. The third-order valence-corrected chi connectivity index (χ3v) is 2.02. The van der Waals surface area contributed by atoms with Crippen LogP contribution in [0.2, 0.25) is 0 Å². The van der Waals surface area contributed by atoms with Crippen LogP contribution in [0.4, 0.5) is 11.4 Å². The number of amides is 1. The summed E-state index contributed by atoms with van der Waals surface area (Å²) in [6, 6.07) is 7.44. The van der Waals surface area contributed by atoms with Crippen molar-refractivity contribution in [2.75, 3.05) is 37.0 Å². The molecule has 0 fully saturated rings. The summed E-state index contributed by atoms with van der Waals surface area (Å²) in [6.45, 7) is 3.12. The number of ether oxygens (including phenoxy) is 1. The maximum atomic E-state index is 10.8. The third-order valence-electron chi connectivity index (χ3n) is 2.02. The maximum Gasteiger partial charge on any atom is 0.221 e. The quantitative estimate of drug-likeness (QED) is 0.621. The smallest absolute Gasteiger partial charge is 0.221 e. The molecule has 0 aliphatic heterocycles. The molecule has 0 spiro atoms. The van der Waals surface area contributed by atoms with E-state index in [1.807, 2.05) is 24.3 Å². The molecule has 0 heterocycles. The number of anilines is 2. The number of carbonyl (C=O) groups excluding carboxylic acids is 1. The molecule has 0 atom stereocenters. The van der Waals surface area contributed by atoms with Gasteiger partial charge < -0.3 is 20.5 Å². The fourth-order valence-electron chi connectivity index (χ4n) is 1.31. The number of rotatable bonds is 7. The van der Waals surface area contributed by atoms with Crippen LogP contribution in [0.5, 0.6) is 0 Å². The summed E-state index contributed by atoms with van der Waals surface area (Å²) in [7, 11) is 0. The van der Waals surface area contributed by atoms with Crippen molar-refractivity contribution in [3.05, 3.63) is 24.3 Å². The number of aliphatic hydroxyl groups is 1. The van der Waals surface area contributed by atoms with Crippen LogP contribution in [0, 0.1) is 0 Å². The minimum absolute atomic E-state index is 0.0470. The van der Waals surface area contributed by atoms with E-state index in [-0.39, 0.29) is 12.5 Å². The van der Waals surface area contributed by atoms with E-state index < -0.39 is 0 Å². The molecule has 0 saturated carbocycles. The summed E-state index contributed by atoms with van der Waals surface area (Å²) in [5.41, 5.74) is 1.74. The van der Waals surface area contributed by atoms with Gasteiger partial charge in [0.2, 0.25) is 5.91 Å². The predicted molar refractivity (Wildman–Crippen MR) is 67.1 cm³/mol. The van der Waals surface area contributed by atoms with Gasteiger partial charge in [-0.1, -0.05) is 0 Å². The van der Waals surface area contributed by atoms with Crippen molar-refractivity contribution in [3.8, 4) is 0 Å². The fraction of sp³-hybridized carbons (Fsp3) is 0.417. The minimum atomic E-state index is -0.0805. The van der Waals surface area contributed by atoms with E-state index >= 15 is 0 Å². The van der Waals surface area contributed by atoms with Gasteiger partial charge in [0.05, 0.1) is 19.8 Å². The minimum Gasteiger partial charge on any atom is -0.394 e. The second-order valence-electron chi connectivity index (χ2n) is 3.52. The zero-order chi connectivity index (χ0) is 12.5. The lowest BCUT2D eigenvalue weighted by Crippen LogP contribution is -2.11. The molecule has 3 N–H and O–H groups in total. The third kappa shape index (κ3) is 5.89. The number of hydrogen-bond acceptors (Lipinski definition) is 4. The summed E-state index contributed by atoms with van der Waals surface area (Å²) in [5, 5.41) is 14.4. The first-order valence-corrected chi connectivity index (χ1v) is 5.52. The Balaban J connectivity index is 2.28. The Morgan fingerprint density at radius 3 is 2.47 bits per heavy atom. The summed E-state index contributed by atoms with van der Waals surface area (Å²) < 4.78 is 5.11. The molecule has 0 saturated heterocycles. The van der Waals surface area contributed by atoms with Crippen molar-refractivity contribution in [2.45, 2.75) is 6.92 Å². The normalized spacial score (nSPS) is 10.0. The van der Waals surface area contributed by atoms with E-state index in [2.05, 4.69) is 10.6 Å². The Labute approximate surface area is 101 Å². The van der Waals surface area contributed by atoms with Crippen LogP contribution >= 0.6 is 0 Å². The molecular weight excluding hydrogens is 220 g/mol. The monoisotopic (exact) mass is 238 g/mol. The van der Waals surface area contributed by atoms with E-state index in [1.165, 1.54) is 6.92 Å². The molecule has 0 unspecified atom stereocenters. The lowest BCUT2D eigenvalue weighted by atomic mass is 10.3. The van der Waals surface area contributed by atoms with Crippen LogP contribution in [-0.4, -0.2) is 37.4 Å². The van der Waals surface area contributed by atoms with Gasteiger partial charge in [-0.3, -0.25) is 4.79 Å². The first kappa shape index (κ1) is 13.5. The van der Waals surface area contributed by atoms with Crippen LogP contribution in [0.25, 0.3) is 0 Å². The molecule has 0 aliphatic carbocycles. The number of hydrogen-bond donors (Lipinski definition) is 3. The molecule has 0 aliphatic rings. The summed E-state index contributed by atoms with van der Waals surface area (Å²) >= 11 is 0. The van der Waals surface area contributed by atoms with E-state index in [4.69, 9.17) is 9.84 Å². The largest absolute Gasteiger partial charge is 0.394 e. The number of nitrogens with one attached hydrogen (secondary N) is 2. The van der Waals surface area contributed by atoms with Crippen molar-refractivity contribution in [1.82, 2.24) is 0 Å². The Kier molecular flexibility index (Phi) is 6.06. The standard InChI is InChI=1S/C12H18N2O3/c1-10(16)14-12-4-2-11(3-5-12)13-6-8-17-9-7-15/h2-5,13,15H,6-9H2,1H3,(H,14,16). The second-order valence-corrected chi connectivity index (χ2v) is 3.52. The first-order chi connectivity index (χ1) is 8.22. The maximum absolute atomic E-state index is 10.8. The number of carbonyl (C=O) groups is 1. The van der Waals surface area contributed by atoms with Gasteiger partial charge >= 0.3 is 0 Å². The predicted octanol–water partition coefficient (Wildman–Crippen LogP) is 1.07. The van der Waals surface area contributed by atoms with Crippen LogP contribution < -0.4 is 10.6 Å². The first-order valence-electron chi connectivity index (χ1n) is 5.52. The van der Waals surface area contributed by atoms with Gasteiger partial charge in [-0.25, -0.2) is 0 Å². The highest BCUT2D eigenvalue weighted by atomic mass is 16.5. The van der Waals surface area contributed by atoms with Crippen molar-refractivity contribution in [3.63, 3.8) is 0 Å². The van der Waals surface area contributed by atoms with E-state index in [0.717, 1.165) is 11.4 Å². The molecule has 0 aromatic heterocycles. The Morgan fingerprint density at radius 2 is 1.88 bits per heavy atom. The van der Waals surface area contributed by atoms with Crippen LogP contribution in [0.3, 0.4) is 0 Å². The van der Waals surface area contributed by atoms with Gasteiger partial charge in [0.25, 0.3) is 0 Å². The summed E-state index contributed by atoms with van der Waals surface area (Å²) in [4.78, 5) is 10.8. The van der Waals surface area contributed by atoms with Gasteiger partial charge in [0.1, 0.15) is 0 Å². The lowest BCUT2D eigenvalue weighted by molar-refractivity contribution is -0.114. The molecule has 1 aromatic carbocycles. The number of aliphatic hydroxyl groups excluding tert-OH is 1. The molecule has 1 aromatic rings. The molecule has 0 bridgehead atoms. The van der Waals surface area contributed by atoms with Gasteiger partial charge in [-0.2, -0.15) is 0 Å². The van der Waals surface area contributed by atoms with Crippen molar-refractivity contribution >= 4 is 17.3 Å². The van der Waals surface area contributed by atoms with Crippen molar-refractivity contribution < 1.29 is 14.6 Å². The Bertz CT molecular complexity index is 338. The lowest BCUT2D eigenvalue weighted by Gasteiger charge is -2.08. The van der Waals surface area contributed by atoms with Gasteiger partial charge in [-0.05, 0) is 24.3 Å². The SMILES string of the molecule is CC(=O)Nc1ccc(NCCOCCO)cc1. The average molecular weight is 238 g/mol. The second kappa shape index (κ2) is 7.65. The van der Waals surface area contributed by atoms with Crippen LogP contribution in [-0.2, 0) is 9.53 Å². The van der Waals surface area contributed by atoms with Crippen molar-refractivity contribution in [1.29, 1.82) is 0 Å². The van der Waals surface area contributed by atoms with E-state index in [0.29, 0.717) is 19.8 Å². The average Bonchev–Trinajstić information content (AvgIpc) is 2.30. The number of benzene rings is 1. The van der Waals surface area contributed by atoms with Gasteiger partial charge in [0, 0.05) is 24.8 Å². The molecule has 5 nitrogen and oxygen atoms in total. The van der Waals surface area contributed by atoms with Crippen LogP contribution in [0.1, 0.15) is 6.92 Å². The highest BCUT2D eigenvalue weighted by Gasteiger charge is 1.96. The van der Waals surface area contributed by atoms with Gasteiger partial charge in [0.15, 0.2) is 0 Å². The zero-order valence-corrected chi connectivity index (χ0v) is 9.90. The molecule has 0 radical (unpaired) electrons. The summed E-state index contributed by atoms with van der Waals surface area (Å²) in [6.07, 6.45) is 0. The fourth-order valence-corrected chi connectivity index (χ4v) is 1.31. The highest BCUT2D eigenvalue weighted by molar-refractivity contribution is 5.88. The highest BCUT2D eigenvalue weighted by Crippen LogP contribution is 2.12. The molecule has 17 heavy (non-hydrogen) atoms. The molecule has 1 amide bonds. The Morgan fingerprint density at radius 1 is 1.24 bits per heavy atom. The Hall–Kier alpha value is -1.59. The topological polar surface area (TPSA) is 70.6 Å². The van der Waals surface area contributed by atoms with E-state index in [9.17, 15) is 4.79 Å². The van der Waals surface area contributed by atoms with Gasteiger partial charge in [-0.15, -0.1) is 0 Å². The molecule has 1 rings (SSSR count). The van der Waals surface area contributed by atoms with Crippen LogP contribution in [0.15, 0.2) is 24.3 Å². The molecule has 5 heteroatoms. The summed E-state index contributed by atoms with van der Waals surface area (Å²) in [5.74, 6) is -0.0805. The molecule has 94 valence electrons. The van der Waals surface area contributed by atoms with E-state index in [1.54, 1.807) is 0 Å². The molecular formula is C12H18N2O3. The van der Waals surface area contributed by atoms with Crippen molar-refractivity contribution in [2.24, 2.45) is 0 Å².